The van der Waals surface area contributed by atoms with Crippen LogP contribution in [0.15, 0.2) is 146 Å². The zero-order chi connectivity index (χ0) is 78.0. The molecule has 0 saturated carbocycles. The minimum atomic E-state index is -4.93. The molecular formula is C89H152O16P2. The zero-order valence-corrected chi connectivity index (χ0v) is 69.1. The summed E-state index contributed by atoms with van der Waals surface area (Å²) in [6.07, 6.45) is 101. The molecule has 16 nitrogen and oxygen atoms in total. The second-order valence-electron chi connectivity index (χ2n) is 27.9. The van der Waals surface area contributed by atoms with Crippen LogP contribution in [0.4, 0.5) is 0 Å². The number of carbonyl (C=O) groups is 3. The van der Waals surface area contributed by atoms with Crippen LogP contribution < -0.4 is 0 Å². The standard InChI is InChI=1S/C89H152O16P2/c1-4-7-10-13-16-19-22-24-26-28-30-32-34-36-38-39-40-41-42-43-45-47-48-50-52-54-56-58-61-63-66-69-72-75-87(92)99-78-84(90)79-101-106(95,96)102-80-85(91)81-103-107(97,98)104-83-86(105-89(94)77-74-71-68-65-60-21-18-15-12-9-6-3)82-100-88(93)76-73-70-67-64-62-59-57-55-53-51-49-46-44-37-35-33-31-29-27-25-23-20-17-14-11-8-5-2/h7-8,10-11,15-20,24-27,30-33,36-38,40-41,44,84-86,90-91H,4-6,9,12-14,21-23,28-29,34-35,39,42-43,45-83H2,1-3H3,(H,95,96)(H,97,98)/b10-7-,11-8-,18-15-,19-16-,20-17-,26-24-,27-25-,32-30-,33-31-,38-36-,41-40-,44-37-. The molecule has 0 spiro atoms. The molecule has 0 aliphatic carbocycles. The molecule has 0 aliphatic rings. The van der Waals surface area contributed by atoms with Gasteiger partial charge >= 0.3 is 33.6 Å². The maximum Gasteiger partial charge on any atom is 0.472 e. The Morgan fingerprint density at radius 1 is 0.271 bits per heavy atom. The lowest BCUT2D eigenvalue weighted by molar-refractivity contribution is -0.161. The molecule has 18 heteroatoms. The highest BCUT2D eigenvalue weighted by atomic mass is 31.2. The van der Waals surface area contributed by atoms with Gasteiger partial charge in [0, 0.05) is 19.3 Å². The molecule has 5 unspecified atom stereocenters. The van der Waals surface area contributed by atoms with Crippen molar-refractivity contribution in [2.45, 2.75) is 360 Å². The Labute approximate surface area is 651 Å². The first-order valence-electron chi connectivity index (χ1n) is 42.1. The summed E-state index contributed by atoms with van der Waals surface area (Å²) >= 11 is 0. The minimum absolute atomic E-state index is 0.0919. The summed E-state index contributed by atoms with van der Waals surface area (Å²) in [5.41, 5.74) is 0. The lowest BCUT2D eigenvalue weighted by Crippen LogP contribution is -2.30. The summed E-state index contributed by atoms with van der Waals surface area (Å²) in [6.45, 7) is 2.42. The second kappa shape index (κ2) is 80.9. The number of aliphatic hydroxyl groups is 2. The summed E-state index contributed by atoms with van der Waals surface area (Å²) < 4.78 is 61.2. The third-order valence-corrected chi connectivity index (χ3v) is 19.4. The Morgan fingerprint density at radius 2 is 0.495 bits per heavy atom. The number of unbranched alkanes of at least 4 members (excludes halogenated alkanes) is 32. The van der Waals surface area contributed by atoms with Crippen LogP contribution in [0.3, 0.4) is 0 Å². The maximum absolute atomic E-state index is 12.9. The van der Waals surface area contributed by atoms with Crippen molar-refractivity contribution in [3.05, 3.63) is 146 Å². The van der Waals surface area contributed by atoms with Crippen LogP contribution in [0.5, 0.6) is 0 Å². The third kappa shape index (κ3) is 82.2. The smallest absolute Gasteiger partial charge is 0.463 e. The molecule has 0 fully saturated rings. The molecule has 0 aromatic heterocycles. The van der Waals surface area contributed by atoms with Crippen LogP contribution in [0.25, 0.3) is 0 Å². The van der Waals surface area contributed by atoms with Crippen molar-refractivity contribution in [3.8, 4) is 0 Å². The molecule has 0 rings (SSSR count). The van der Waals surface area contributed by atoms with E-state index in [1.165, 1.54) is 116 Å². The van der Waals surface area contributed by atoms with E-state index in [-0.39, 0.29) is 19.3 Å². The first kappa shape index (κ1) is 102. The molecule has 0 saturated heterocycles. The van der Waals surface area contributed by atoms with E-state index in [0.717, 1.165) is 167 Å². The lowest BCUT2D eigenvalue weighted by Gasteiger charge is -2.21. The van der Waals surface area contributed by atoms with Gasteiger partial charge in [0.15, 0.2) is 6.10 Å². The van der Waals surface area contributed by atoms with Gasteiger partial charge in [-0.2, -0.15) is 0 Å². The highest BCUT2D eigenvalue weighted by molar-refractivity contribution is 7.47. The van der Waals surface area contributed by atoms with Gasteiger partial charge in [-0.05, 0) is 135 Å². The third-order valence-electron chi connectivity index (χ3n) is 17.5. The van der Waals surface area contributed by atoms with E-state index in [0.29, 0.717) is 19.3 Å². The van der Waals surface area contributed by atoms with Crippen molar-refractivity contribution in [2.75, 3.05) is 39.6 Å². The van der Waals surface area contributed by atoms with Gasteiger partial charge in [-0.25, -0.2) is 9.13 Å². The minimum Gasteiger partial charge on any atom is -0.463 e. The van der Waals surface area contributed by atoms with Crippen molar-refractivity contribution in [1.82, 2.24) is 0 Å². The predicted molar refractivity (Wildman–Crippen MR) is 445 cm³/mol. The first-order valence-corrected chi connectivity index (χ1v) is 45.1. The van der Waals surface area contributed by atoms with Gasteiger partial charge in [-0.15, -0.1) is 0 Å². The summed E-state index contributed by atoms with van der Waals surface area (Å²) in [4.78, 5) is 58.6. The number of carbonyl (C=O) groups excluding carboxylic acids is 3. The largest absolute Gasteiger partial charge is 0.472 e. The Balaban J connectivity index is 4.38. The van der Waals surface area contributed by atoms with Gasteiger partial charge in [0.2, 0.25) is 0 Å². The van der Waals surface area contributed by atoms with Gasteiger partial charge in [-0.1, -0.05) is 334 Å². The normalized spacial score (nSPS) is 14.6. The fourth-order valence-corrected chi connectivity index (χ4v) is 12.8. The molecule has 614 valence electrons. The molecule has 0 aliphatic heterocycles. The van der Waals surface area contributed by atoms with E-state index >= 15 is 0 Å². The average Bonchev–Trinajstić information content (AvgIpc) is 0.940. The zero-order valence-electron chi connectivity index (χ0n) is 67.3. The number of ether oxygens (including phenoxy) is 3. The number of aliphatic hydroxyl groups excluding tert-OH is 2. The molecule has 0 heterocycles. The van der Waals surface area contributed by atoms with E-state index in [9.17, 15) is 43.5 Å². The topological polar surface area (TPSA) is 231 Å². The SMILES string of the molecule is CC/C=C\C/C=C\C/C=C\C/C=C\C/C=C\C/C=C\CCCCCCCCCCCCCCCCC(=O)OCC(O)COP(=O)(O)OCC(O)COP(=O)(O)OCC(COC(=O)CCCCCCCCCCCCC/C=C\C/C=C\C/C=C\C/C=C\C/C=C\CC)OC(=O)CCCCCCC/C=C\CCCC. The van der Waals surface area contributed by atoms with Crippen molar-refractivity contribution in [3.63, 3.8) is 0 Å². The van der Waals surface area contributed by atoms with Crippen LogP contribution in [0.1, 0.15) is 342 Å². The quantitative estimate of drug-likeness (QED) is 0.0146. The summed E-state index contributed by atoms with van der Waals surface area (Å²) in [5, 5.41) is 20.6. The van der Waals surface area contributed by atoms with Crippen LogP contribution in [-0.4, -0.2) is 95.9 Å². The predicted octanol–water partition coefficient (Wildman–Crippen LogP) is 25.2. The Morgan fingerprint density at radius 3 is 0.794 bits per heavy atom. The van der Waals surface area contributed by atoms with Crippen molar-refractivity contribution >= 4 is 33.6 Å². The van der Waals surface area contributed by atoms with E-state index in [2.05, 4.69) is 167 Å². The van der Waals surface area contributed by atoms with E-state index < -0.39 is 91.5 Å². The number of phosphoric ester groups is 2. The molecule has 107 heavy (non-hydrogen) atoms. The monoisotopic (exact) mass is 1540 g/mol. The second-order valence-corrected chi connectivity index (χ2v) is 30.8. The summed E-state index contributed by atoms with van der Waals surface area (Å²) in [6, 6.07) is 0. The molecule has 0 aromatic rings. The number of phosphoric acid groups is 2. The Kier molecular flexibility index (Phi) is 77.5. The van der Waals surface area contributed by atoms with E-state index in [1.807, 2.05) is 0 Å². The van der Waals surface area contributed by atoms with Gasteiger partial charge in [0.05, 0.1) is 26.4 Å². The molecule has 0 amide bonds. The molecule has 4 N–H and O–H groups in total. The van der Waals surface area contributed by atoms with Gasteiger partial charge in [0.1, 0.15) is 25.4 Å². The fourth-order valence-electron chi connectivity index (χ4n) is 11.2. The highest BCUT2D eigenvalue weighted by Crippen LogP contribution is 2.45. The van der Waals surface area contributed by atoms with Crippen LogP contribution >= 0.6 is 15.6 Å². The molecule has 0 bridgehead atoms. The number of esters is 3. The molecule has 5 atom stereocenters. The van der Waals surface area contributed by atoms with E-state index in [1.54, 1.807) is 0 Å². The lowest BCUT2D eigenvalue weighted by atomic mass is 10.0. The fraction of sp³-hybridized carbons (Fsp3) is 0.697. The maximum atomic E-state index is 12.9. The van der Waals surface area contributed by atoms with Gasteiger partial charge < -0.3 is 34.2 Å². The number of hydrogen-bond donors (Lipinski definition) is 4. The van der Waals surface area contributed by atoms with Crippen molar-refractivity contribution in [2.24, 2.45) is 0 Å². The summed E-state index contributed by atoms with van der Waals surface area (Å²) in [7, 11) is -9.79. The molecule has 0 aromatic carbocycles. The van der Waals surface area contributed by atoms with Crippen LogP contribution in [-0.2, 0) is 55.8 Å². The van der Waals surface area contributed by atoms with Gasteiger partial charge in [0.25, 0.3) is 0 Å². The van der Waals surface area contributed by atoms with Crippen molar-refractivity contribution in [1.29, 1.82) is 0 Å². The number of hydrogen-bond acceptors (Lipinski definition) is 14. The highest BCUT2D eigenvalue weighted by Gasteiger charge is 2.29. The first-order chi connectivity index (χ1) is 52.2. The van der Waals surface area contributed by atoms with Crippen LogP contribution in [0, 0.1) is 0 Å². The number of allylic oxidation sites excluding steroid dienone is 24. The molecule has 0 radical (unpaired) electrons. The number of rotatable bonds is 79. The molecular weight excluding hydrogens is 1390 g/mol. The van der Waals surface area contributed by atoms with Crippen molar-refractivity contribution < 1.29 is 75.8 Å². The average molecular weight is 1540 g/mol. The van der Waals surface area contributed by atoms with Gasteiger partial charge in [-0.3, -0.25) is 32.5 Å². The Bertz CT molecular complexity index is 2530. The van der Waals surface area contributed by atoms with E-state index in [4.69, 9.17) is 32.3 Å². The van der Waals surface area contributed by atoms with Crippen LogP contribution in [0.2, 0.25) is 0 Å². The Hall–Kier alpha value is -4.57. The summed E-state index contributed by atoms with van der Waals surface area (Å²) in [5.74, 6) is -1.58.